The van der Waals surface area contributed by atoms with E-state index < -0.39 is 10.0 Å². The fraction of sp³-hybridized carbons (Fsp3) is 0.500. The Kier molecular flexibility index (Phi) is 10.8. The summed E-state index contributed by atoms with van der Waals surface area (Å²) in [6.07, 6.45) is 8.95. The molecule has 1 unspecified atom stereocenters. The fourth-order valence-corrected chi connectivity index (χ4v) is 7.99. The zero-order chi connectivity index (χ0) is 30.4. The van der Waals surface area contributed by atoms with Gasteiger partial charge in [-0.3, -0.25) is 0 Å². The van der Waals surface area contributed by atoms with Gasteiger partial charge >= 0.3 is 0 Å². The van der Waals surface area contributed by atoms with Crippen molar-refractivity contribution in [1.29, 1.82) is 5.26 Å². The second-order valence-electron chi connectivity index (χ2n) is 11.5. The van der Waals surface area contributed by atoms with Crippen molar-refractivity contribution in [1.82, 2.24) is 19.5 Å². The predicted octanol–water partition coefficient (Wildman–Crippen LogP) is 5.53. The van der Waals surface area contributed by atoms with Gasteiger partial charge in [-0.15, -0.1) is 11.3 Å². The van der Waals surface area contributed by atoms with E-state index in [9.17, 15) is 13.7 Å². The summed E-state index contributed by atoms with van der Waals surface area (Å²) >= 11 is 1.53. The average molecular weight is 610 g/mol. The summed E-state index contributed by atoms with van der Waals surface area (Å²) in [5.41, 5.74) is 4.45. The maximum absolute atomic E-state index is 13.1. The van der Waals surface area contributed by atoms with Gasteiger partial charge in [0.1, 0.15) is 16.8 Å². The van der Waals surface area contributed by atoms with Crippen LogP contribution < -0.4 is 4.72 Å². The molecule has 0 bridgehead atoms. The SMILES string of the molecule is C=CC(=CC(C#N)=C(C)OC(C)C)c1ncc(-c2cccc3c2CCC3NS(=O)(=O)CCN2CCC(N(C)C)CC2)s1. The summed E-state index contributed by atoms with van der Waals surface area (Å²) in [5, 5.41) is 10.4. The molecule has 2 aliphatic rings. The first-order chi connectivity index (χ1) is 20.0. The van der Waals surface area contributed by atoms with E-state index in [4.69, 9.17) is 4.74 Å². The van der Waals surface area contributed by atoms with Crippen LogP contribution in [0.15, 0.2) is 54.5 Å². The Morgan fingerprint density at radius 1 is 1.31 bits per heavy atom. The number of thiazole rings is 1. The van der Waals surface area contributed by atoms with Crippen LogP contribution in [-0.4, -0.2) is 74.8 Å². The third kappa shape index (κ3) is 7.97. The molecule has 0 spiro atoms. The second-order valence-corrected chi connectivity index (χ2v) is 14.4. The molecule has 1 aliphatic heterocycles. The Morgan fingerprint density at radius 2 is 2.05 bits per heavy atom. The van der Waals surface area contributed by atoms with E-state index in [1.807, 2.05) is 32.2 Å². The van der Waals surface area contributed by atoms with Gasteiger partial charge in [0.25, 0.3) is 0 Å². The number of hydrogen-bond donors (Lipinski definition) is 1. The highest BCUT2D eigenvalue weighted by Crippen LogP contribution is 2.40. The normalized spacial score (nSPS) is 19.1. The Morgan fingerprint density at radius 3 is 2.69 bits per heavy atom. The molecule has 4 rings (SSSR count). The van der Waals surface area contributed by atoms with Crippen molar-refractivity contribution in [3.8, 4) is 16.5 Å². The molecule has 1 N–H and O–H groups in total. The van der Waals surface area contributed by atoms with E-state index in [1.54, 1.807) is 19.1 Å². The number of fused-ring (bicyclic) bond motifs is 1. The molecule has 2 aromatic rings. The van der Waals surface area contributed by atoms with Crippen LogP contribution in [0.1, 0.15) is 62.2 Å². The Labute approximate surface area is 255 Å². The Balaban J connectivity index is 1.46. The topological polar surface area (TPSA) is 98.6 Å². The van der Waals surface area contributed by atoms with Crippen LogP contribution in [-0.2, 0) is 21.2 Å². The third-order valence-electron chi connectivity index (χ3n) is 8.01. The van der Waals surface area contributed by atoms with Gasteiger partial charge in [0.15, 0.2) is 0 Å². The number of nitrogens with one attached hydrogen (secondary N) is 1. The summed E-state index contributed by atoms with van der Waals surface area (Å²) in [5.74, 6) is 0.674. The number of ether oxygens (including phenoxy) is 1. The van der Waals surface area contributed by atoms with Gasteiger partial charge < -0.3 is 14.5 Å². The molecule has 1 aromatic carbocycles. The van der Waals surface area contributed by atoms with Gasteiger partial charge in [-0.1, -0.05) is 30.9 Å². The van der Waals surface area contributed by atoms with Crippen LogP contribution in [0.2, 0.25) is 0 Å². The quantitative estimate of drug-likeness (QED) is 0.192. The molecule has 1 aliphatic carbocycles. The number of nitriles is 1. The van der Waals surface area contributed by atoms with Crippen LogP contribution in [0, 0.1) is 11.3 Å². The molecule has 0 radical (unpaired) electrons. The van der Waals surface area contributed by atoms with E-state index in [-0.39, 0.29) is 17.9 Å². The monoisotopic (exact) mass is 609 g/mol. The second kappa shape index (κ2) is 14.1. The Hall–Kier alpha value is -2.81. The van der Waals surface area contributed by atoms with Crippen LogP contribution in [0.5, 0.6) is 0 Å². The van der Waals surface area contributed by atoms with Crippen molar-refractivity contribution >= 4 is 26.9 Å². The largest absolute Gasteiger partial charge is 0.494 e. The minimum Gasteiger partial charge on any atom is -0.494 e. The first-order valence-electron chi connectivity index (χ1n) is 14.6. The van der Waals surface area contributed by atoms with E-state index in [0.717, 1.165) is 70.9 Å². The van der Waals surface area contributed by atoms with Crippen LogP contribution in [0.3, 0.4) is 0 Å². The van der Waals surface area contributed by atoms with Crippen LogP contribution in [0.4, 0.5) is 0 Å². The average Bonchev–Trinajstić information content (AvgIpc) is 3.60. The summed E-state index contributed by atoms with van der Waals surface area (Å²) in [7, 11) is 0.794. The first kappa shape index (κ1) is 32.1. The van der Waals surface area contributed by atoms with Crippen molar-refractivity contribution < 1.29 is 13.2 Å². The van der Waals surface area contributed by atoms with Gasteiger partial charge in [0.05, 0.1) is 22.3 Å². The van der Waals surface area contributed by atoms with Crippen molar-refractivity contribution in [2.24, 2.45) is 0 Å². The highest BCUT2D eigenvalue weighted by Gasteiger charge is 2.29. The van der Waals surface area contributed by atoms with Crippen LogP contribution >= 0.6 is 11.3 Å². The number of benzene rings is 1. The summed E-state index contributed by atoms with van der Waals surface area (Å²) in [6, 6.07) is 8.66. The van der Waals surface area contributed by atoms with Crippen molar-refractivity contribution in [3.63, 3.8) is 0 Å². The smallest absolute Gasteiger partial charge is 0.213 e. The summed E-state index contributed by atoms with van der Waals surface area (Å²) < 4.78 is 34.9. The molecule has 0 saturated carbocycles. The van der Waals surface area contributed by atoms with Crippen LogP contribution in [0.25, 0.3) is 16.0 Å². The molecule has 1 fully saturated rings. The fourth-order valence-electron chi connectivity index (χ4n) is 5.72. The van der Waals surface area contributed by atoms with Gasteiger partial charge in [-0.05, 0) is 96.4 Å². The highest BCUT2D eigenvalue weighted by atomic mass is 32.2. The third-order valence-corrected chi connectivity index (χ3v) is 10.4. The lowest BCUT2D eigenvalue weighted by Gasteiger charge is -2.35. The molecule has 10 heteroatoms. The maximum atomic E-state index is 13.1. The predicted molar refractivity (Wildman–Crippen MR) is 171 cm³/mol. The minimum absolute atomic E-state index is 0.0280. The van der Waals surface area contributed by atoms with Crippen molar-refractivity contribution in [2.75, 3.05) is 39.5 Å². The van der Waals surface area contributed by atoms with Gasteiger partial charge in [0, 0.05) is 30.4 Å². The molecule has 8 nitrogen and oxygen atoms in total. The zero-order valence-electron chi connectivity index (χ0n) is 25.4. The van der Waals surface area contributed by atoms with E-state index in [0.29, 0.717) is 23.9 Å². The highest BCUT2D eigenvalue weighted by molar-refractivity contribution is 7.89. The van der Waals surface area contributed by atoms with Crippen molar-refractivity contribution in [3.05, 3.63) is 70.6 Å². The number of nitrogens with zero attached hydrogens (tertiary/aromatic N) is 4. The Bertz CT molecular complexity index is 1480. The number of sulfonamides is 1. The number of aromatic nitrogens is 1. The summed E-state index contributed by atoms with van der Waals surface area (Å²) in [6.45, 7) is 12.0. The van der Waals surface area contributed by atoms with E-state index >= 15 is 0 Å². The van der Waals surface area contributed by atoms with E-state index in [2.05, 4.69) is 52.3 Å². The number of piperidine rings is 1. The summed E-state index contributed by atoms with van der Waals surface area (Å²) in [4.78, 5) is 10.2. The van der Waals surface area contributed by atoms with Gasteiger partial charge in [0.2, 0.25) is 10.0 Å². The molecular formula is C32H43N5O3S2. The lowest BCUT2D eigenvalue weighted by Crippen LogP contribution is -2.44. The zero-order valence-corrected chi connectivity index (χ0v) is 27.0. The standard InChI is InChI=1S/C32H43N5O3S2/c1-7-24(19-25(20-33)23(4)40-22(2)3)32-34-21-31(41-32)29-10-8-9-28-27(29)11-12-30(28)35-42(38,39)18-17-37-15-13-26(14-16-37)36(5)6/h7-10,19,21-22,26,30,35H,1,11-18H2,2-6H3. The molecule has 42 heavy (non-hydrogen) atoms. The number of hydrogen-bond acceptors (Lipinski definition) is 8. The number of rotatable bonds is 12. The lowest BCUT2D eigenvalue weighted by atomic mass is 10.0. The van der Waals surface area contributed by atoms with Crippen molar-refractivity contribution in [2.45, 2.75) is 64.6 Å². The van der Waals surface area contributed by atoms with Gasteiger partial charge in [-0.2, -0.15) is 5.26 Å². The van der Waals surface area contributed by atoms with Gasteiger partial charge in [-0.25, -0.2) is 18.1 Å². The molecule has 1 saturated heterocycles. The first-order valence-corrected chi connectivity index (χ1v) is 17.1. The molecule has 0 amide bonds. The molecule has 1 atom stereocenters. The molecule has 1 aromatic heterocycles. The molecular weight excluding hydrogens is 567 g/mol. The van der Waals surface area contributed by atoms with E-state index in [1.165, 1.54) is 11.3 Å². The number of likely N-dealkylation sites (tertiary alicyclic amines) is 1. The minimum atomic E-state index is -3.43. The maximum Gasteiger partial charge on any atom is 0.213 e. The lowest BCUT2D eigenvalue weighted by molar-refractivity contribution is 0.148. The molecule has 2 heterocycles. The molecule has 226 valence electrons. The number of allylic oxidation sites excluding steroid dienone is 5.